The van der Waals surface area contributed by atoms with Gasteiger partial charge in [-0.15, -0.1) is 23.5 Å². The molecule has 0 saturated heterocycles. The van der Waals surface area contributed by atoms with E-state index in [0.717, 1.165) is 0 Å². The number of fused-ring (bicyclic) bond motifs is 2. The number of hydrogen-bond donors (Lipinski definition) is 14. The third-order valence-electron chi connectivity index (χ3n) is 12.2. The van der Waals surface area contributed by atoms with Crippen molar-refractivity contribution in [3.05, 3.63) is 46.5 Å². The smallest absolute Gasteiger partial charge is 0.244 e. The van der Waals surface area contributed by atoms with Gasteiger partial charge in [0.25, 0.3) is 0 Å². The Labute approximate surface area is 485 Å². The molecule has 3 aliphatic rings. The van der Waals surface area contributed by atoms with E-state index in [2.05, 4.69) is 57.2 Å². The lowest BCUT2D eigenvalue weighted by Crippen LogP contribution is -2.60. The number of nitrogens with one attached hydrogen (secondary N) is 7. The molecule has 6 atom stereocenters. The highest BCUT2D eigenvalue weighted by Gasteiger charge is 2.38. The lowest BCUT2D eigenvalue weighted by Gasteiger charge is -2.27. The number of aliphatic imine (C=N–C) groups is 4. The number of halogens is 8. The van der Waals surface area contributed by atoms with Gasteiger partial charge in [-0.05, 0) is 65.3 Å². The number of amidine groups is 1. The quantitative estimate of drug-likeness (QED) is 0.0216. The molecule has 2 aromatic rings. The number of carbonyl (C=O) groups is 7. The Kier molecular flexibility index (Phi) is 28.7. The number of likely N-dealkylation sites (N-methyl/N-ethyl adjacent to an activating group) is 1. The number of nitrogens with zero attached hydrogens (tertiary/aromatic N) is 4. The minimum absolute atomic E-state index is 0.0171. The number of guanidine groups is 3. The molecule has 21 N–H and O–H groups in total. The first-order valence-corrected chi connectivity index (χ1v) is 27.9. The monoisotopic (exact) mass is 1240 g/mol. The fourth-order valence-electron chi connectivity index (χ4n) is 7.72. The van der Waals surface area contributed by atoms with Gasteiger partial charge in [0, 0.05) is 43.6 Å². The molecule has 35 heteroatoms. The summed E-state index contributed by atoms with van der Waals surface area (Å²) >= 11 is -0.237. The van der Waals surface area contributed by atoms with E-state index in [1.807, 2.05) is 0 Å². The van der Waals surface area contributed by atoms with E-state index >= 15 is 35.1 Å². The zero-order chi connectivity index (χ0) is 63.1. The van der Waals surface area contributed by atoms with Crippen LogP contribution in [0.1, 0.15) is 72.1 Å². The van der Waals surface area contributed by atoms with Crippen LogP contribution in [0.2, 0.25) is 0 Å². The summed E-state index contributed by atoms with van der Waals surface area (Å²) in [4.78, 5) is 110. The molecule has 6 amide bonds. The Morgan fingerprint density at radius 1 is 0.560 bits per heavy atom. The molecular formula is C49H70F8N18O7S2. The first-order chi connectivity index (χ1) is 39.5. The number of benzene rings is 2. The third kappa shape index (κ3) is 21.2. The second-order valence-electron chi connectivity index (χ2n) is 19.0. The zero-order valence-electron chi connectivity index (χ0n) is 46.2. The van der Waals surface area contributed by atoms with Gasteiger partial charge in [0.1, 0.15) is 30.2 Å². The minimum Gasteiger partial charge on any atom is -0.388 e. The second-order valence-corrected chi connectivity index (χ2v) is 21.1. The average molecular weight is 1240 g/mol. The number of Topliss-reactive ketones (excluding diaryl/α,β-unsaturated/α-hetero) is 1. The number of thioether (sulfide) groups is 2. The predicted octanol–water partition coefficient (Wildman–Crippen LogP) is -0.664. The standard InChI is InChI=1S/C49H70F8N18O7S2/c1-20(2)28(76)17-70-41(77)22(9-6-14-67-47(59)60)71-46(82)27-19-84-40-37(56)33(52)30(34(53)38(40)57)29-31(50)35(54)39(36(55)32(29)51)83-18-26(65-4)45(81)74-24(12-8-16-69-49(63)64)43(79)72-23(11-7-15-68-48(61)62)42(78)73-25(44(80)75-27)10-5-13-66-21(3)58/h20,22-27,65H,5-19H2,1-4H3,(H2,58,66)(H,70,77)(H,71,82)(H,72,79)(H,73,78)(H,74,81)(H,75,80)(H4,59,60,67)(H4,61,62,68)(H4,63,64,69). The van der Waals surface area contributed by atoms with Gasteiger partial charge in [-0.25, -0.2) is 35.1 Å². The van der Waals surface area contributed by atoms with Crippen LogP contribution < -0.4 is 77.4 Å². The fraction of sp³-hybridized carbons (Fsp3) is 0.531. The lowest BCUT2D eigenvalue weighted by molar-refractivity contribution is -0.135. The molecule has 84 heavy (non-hydrogen) atoms. The van der Waals surface area contributed by atoms with Crippen molar-refractivity contribution in [2.75, 3.05) is 51.3 Å². The van der Waals surface area contributed by atoms with Gasteiger partial charge in [0.15, 0.2) is 70.2 Å². The van der Waals surface area contributed by atoms with Crippen molar-refractivity contribution >= 4 is 88.5 Å². The molecule has 0 radical (unpaired) electrons. The highest BCUT2D eigenvalue weighted by molar-refractivity contribution is 7.99. The van der Waals surface area contributed by atoms with Crippen molar-refractivity contribution in [1.82, 2.24) is 37.2 Å². The largest absolute Gasteiger partial charge is 0.388 e. The number of carbonyl (C=O) groups excluding carboxylic acids is 7. The van der Waals surface area contributed by atoms with Crippen LogP contribution in [0.5, 0.6) is 0 Å². The topological polar surface area (TPSA) is 435 Å². The van der Waals surface area contributed by atoms with Gasteiger partial charge in [-0.1, -0.05) is 13.8 Å². The SMILES string of the molecule is CNC1CSc2c(F)c(F)c(c(F)c2F)-c2c(F)c(F)c(c(F)c2F)SCC(C(=O)NC(CCCN=C(N)N)C(=O)NCC(=O)C(C)C)NC(=O)C(CCCN=C(C)N)NC(=O)C(CCCN=C(N)N)NC(=O)C(CCCN=C(N)N)NC1=O. The average Bonchev–Trinajstić information content (AvgIpc) is 3.06. The van der Waals surface area contributed by atoms with E-state index in [9.17, 15) is 33.6 Å². The Balaban J connectivity index is 2.39. The molecule has 25 nitrogen and oxygen atoms in total. The summed E-state index contributed by atoms with van der Waals surface area (Å²) in [5.41, 5.74) is 34.0. The maximum atomic E-state index is 16.2. The van der Waals surface area contributed by atoms with Gasteiger partial charge in [0.2, 0.25) is 35.4 Å². The van der Waals surface area contributed by atoms with Crippen LogP contribution in [0.4, 0.5) is 35.1 Å². The summed E-state index contributed by atoms with van der Waals surface area (Å²) in [7, 11) is 1.18. The fourth-order valence-corrected chi connectivity index (χ4v) is 9.81. The van der Waals surface area contributed by atoms with Crippen molar-refractivity contribution in [2.45, 2.75) is 118 Å². The molecule has 0 aromatic heterocycles. The van der Waals surface area contributed by atoms with E-state index in [4.69, 9.17) is 40.1 Å². The molecule has 466 valence electrons. The lowest BCUT2D eigenvalue weighted by atomic mass is 10.0. The van der Waals surface area contributed by atoms with E-state index < -0.39 is 169 Å². The van der Waals surface area contributed by atoms with Gasteiger partial charge in [-0.2, -0.15) is 0 Å². The molecule has 4 bridgehead atoms. The maximum Gasteiger partial charge on any atom is 0.244 e. The first kappa shape index (κ1) is 70.6. The van der Waals surface area contributed by atoms with Crippen molar-refractivity contribution in [2.24, 2.45) is 66.0 Å². The van der Waals surface area contributed by atoms with Gasteiger partial charge in [0.05, 0.1) is 39.3 Å². The highest BCUT2D eigenvalue weighted by Crippen LogP contribution is 2.42. The first-order valence-electron chi connectivity index (χ1n) is 25.9. The predicted molar refractivity (Wildman–Crippen MR) is 299 cm³/mol. The molecule has 0 fully saturated rings. The summed E-state index contributed by atoms with van der Waals surface area (Å²) in [6.45, 7) is 3.62. The normalized spacial score (nSPS) is 18.7. The summed E-state index contributed by atoms with van der Waals surface area (Å²) < 4.78 is 128. The molecule has 0 saturated carbocycles. The molecule has 0 spiro atoms. The molecule has 2 aromatic carbocycles. The summed E-state index contributed by atoms with van der Waals surface area (Å²) in [6, 6.07) is -10.3. The van der Waals surface area contributed by atoms with Crippen LogP contribution >= 0.6 is 23.5 Å². The van der Waals surface area contributed by atoms with Crippen molar-refractivity contribution in [1.29, 1.82) is 0 Å². The number of ketones is 1. The van der Waals surface area contributed by atoms with Gasteiger partial charge < -0.3 is 77.4 Å². The molecule has 3 aliphatic heterocycles. The van der Waals surface area contributed by atoms with E-state index in [1.54, 1.807) is 13.8 Å². The number of amides is 6. The summed E-state index contributed by atoms with van der Waals surface area (Å²) in [5, 5.41) is 17.0. The van der Waals surface area contributed by atoms with Crippen LogP contribution in [-0.2, 0) is 33.6 Å². The van der Waals surface area contributed by atoms with E-state index in [0.29, 0.717) is 0 Å². The molecule has 3 heterocycles. The maximum absolute atomic E-state index is 16.2. The Morgan fingerprint density at radius 2 is 0.940 bits per heavy atom. The van der Waals surface area contributed by atoms with Gasteiger partial charge in [-0.3, -0.25) is 53.5 Å². The summed E-state index contributed by atoms with van der Waals surface area (Å²) in [5.74, 6) is -30.2. The Morgan fingerprint density at radius 3 is 1.33 bits per heavy atom. The molecular weight excluding hydrogens is 1170 g/mol. The van der Waals surface area contributed by atoms with Crippen molar-refractivity contribution < 1.29 is 68.7 Å². The van der Waals surface area contributed by atoms with Crippen LogP contribution in [0.3, 0.4) is 0 Å². The van der Waals surface area contributed by atoms with Crippen molar-refractivity contribution in [3.8, 4) is 11.1 Å². The molecule has 0 aliphatic carbocycles. The van der Waals surface area contributed by atoms with Crippen LogP contribution in [0.15, 0.2) is 29.8 Å². The third-order valence-corrected chi connectivity index (χ3v) is 14.5. The number of nitrogens with two attached hydrogens (primary N) is 7. The molecule has 5 rings (SSSR count). The Hall–Kier alpha value is -7.69. The van der Waals surface area contributed by atoms with Crippen LogP contribution in [0.25, 0.3) is 11.1 Å². The zero-order valence-corrected chi connectivity index (χ0v) is 47.8. The van der Waals surface area contributed by atoms with Crippen LogP contribution in [-0.4, -0.2) is 152 Å². The van der Waals surface area contributed by atoms with Crippen molar-refractivity contribution in [3.63, 3.8) is 0 Å². The highest BCUT2D eigenvalue weighted by atomic mass is 32.2. The minimum atomic E-state index is -2.58. The second kappa shape index (κ2) is 34.2. The van der Waals surface area contributed by atoms with E-state index in [-0.39, 0.29) is 125 Å². The molecule has 6 unspecified atom stereocenters. The summed E-state index contributed by atoms with van der Waals surface area (Å²) in [6.07, 6.45) is -1.28. The number of hydrogen-bond acceptors (Lipinski definition) is 14. The number of rotatable bonds is 23. The van der Waals surface area contributed by atoms with Gasteiger partial charge >= 0.3 is 0 Å². The van der Waals surface area contributed by atoms with Crippen LogP contribution in [0, 0.1) is 52.5 Å². The van der Waals surface area contributed by atoms with E-state index in [1.165, 1.54) is 14.0 Å². The Bertz CT molecular complexity index is 2780.